The molecule has 0 amide bonds. The highest BCUT2D eigenvalue weighted by Crippen LogP contribution is 2.48. The van der Waals surface area contributed by atoms with Gasteiger partial charge in [-0.05, 0) is 61.3 Å². The van der Waals surface area contributed by atoms with Gasteiger partial charge in [0.2, 0.25) is 0 Å². The zero-order valence-corrected chi connectivity index (χ0v) is 20.8. The van der Waals surface area contributed by atoms with Gasteiger partial charge < -0.3 is 9.26 Å². The van der Waals surface area contributed by atoms with Crippen LogP contribution in [0.25, 0.3) is 28.5 Å². The van der Waals surface area contributed by atoms with Gasteiger partial charge in [-0.2, -0.15) is 0 Å². The molecule has 2 atom stereocenters. The summed E-state index contributed by atoms with van der Waals surface area (Å²) < 4.78 is 10.9. The number of ether oxygens (including phenoxy) is 1. The van der Waals surface area contributed by atoms with Crippen LogP contribution in [-0.2, 0) is 16.0 Å². The zero-order valence-electron chi connectivity index (χ0n) is 20.8. The van der Waals surface area contributed by atoms with Crippen LogP contribution < -0.4 is 0 Å². The van der Waals surface area contributed by atoms with Gasteiger partial charge in [0.15, 0.2) is 5.76 Å². The number of nitrogens with zero attached hydrogens (tertiary/aromatic N) is 1. The molecular weight excluding hydrogens is 446 g/mol. The maximum atomic E-state index is 11.9. The molecule has 0 unspecified atom stereocenters. The monoisotopic (exact) mass is 477 g/mol. The summed E-state index contributed by atoms with van der Waals surface area (Å²) in [6, 6.07) is 27.4. The van der Waals surface area contributed by atoms with Gasteiger partial charge in [0.25, 0.3) is 0 Å². The number of aromatic nitrogens is 1. The molecule has 182 valence electrons. The van der Waals surface area contributed by atoms with Crippen LogP contribution >= 0.6 is 0 Å². The summed E-state index contributed by atoms with van der Waals surface area (Å²) in [7, 11) is 0. The fourth-order valence-corrected chi connectivity index (χ4v) is 4.69. The number of benzene rings is 3. The van der Waals surface area contributed by atoms with E-state index in [1.165, 1.54) is 11.1 Å². The quantitative estimate of drug-likeness (QED) is 0.233. The van der Waals surface area contributed by atoms with E-state index in [2.05, 4.69) is 90.1 Å². The Bertz CT molecular complexity index is 1330. The van der Waals surface area contributed by atoms with Crippen LogP contribution in [-0.4, -0.2) is 17.7 Å². The number of allylic oxidation sites excluding steroid dienone is 1. The Labute approximate surface area is 212 Å². The largest absolute Gasteiger partial charge is 0.466 e. The van der Waals surface area contributed by atoms with Gasteiger partial charge in [0.1, 0.15) is 0 Å². The summed E-state index contributed by atoms with van der Waals surface area (Å²) in [5.41, 5.74) is 7.75. The van der Waals surface area contributed by atoms with E-state index in [4.69, 9.17) is 9.26 Å². The predicted molar refractivity (Wildman–Crippen MR) is 143 cm³/mol. The van der Waals surface area contributed by atoms with Crippen LogP contribution in [0.5, 0.6) is 0 Å². The number of aryl methyl sites for hydroxylation is 2. The number of carbonyl (C=O) groups excluding carboxylic acids is 1. The Hall–Kier alpha value is -3.92. The average molecular weight is 478 g/mol. The average Bonchev–Trinajstić information content (AvgIpc) is 3.64. The van der Waals surface area contributed by atoms with Crippen LogP contribution in [0.3, 0.4) is 0 Å². The lowest BCUT2D eigenvalue weighted by Gasteiger charge is -2.06. The van der Waals surface area contributed by atoms with Crippen molar-refractivity contribution in [1.29, 1.82) is 0 Å². The lowest BCUT2D eigenvalue weighted by atomic mass is 9.99. The molecule has 1 fully saturated rings. The molecule has 1 aromatic heterocycles. The van der Waals surface area contributed by atoms with E-state index >= 15 is 0 Å². The third-order valence-corrected chi connectivity index (χ3v) is 6.83. The first-order chi connectivity index (χ1) is 17.6. The predicted octanol–water partition coefficient (Wildman–Crippen LogP) is 7.63. The molecule has 0 saturated heterocycles. The fraction of sp³-hybridized carbons (Fsp3) is 0.250. The minimum Gasteiger partial charge on any atom is -0.466 e. The SMILES string of the molecule is CCOC(=O)[C@@H]1C[C@@H]1c1ccc(-c2ccc(-c3onc(C)c3C=CCCc3ccccc3)cc2)cc1. The molecule has 1 aliphatic carbocycles. The Balaban J connectivity index is 1.25. The normalized spacial score (nSPS) is 16.8. The number of carbonyl (C=O) groups is 1. The van der Waals surface area contributed by atoms with E-state index < -0.39 is 0 Å². The van der Waals surface area contributed by atoms with Gasteiger partial charge in [-0.15, -0.1) is 0 Å². The summed E-state index contributed by atoms with van der Waals surface area (Å²) in [5.74, 6) is 1.02. The van der Waals surface area contributed by atoms with E-state index in [-0.39, 0.29) is 17.8 Å². The molecule has 0 bridgehead atoms. The van der Waals surface area contributed by atoms with Gasteiger partial charge in [0.05, 0.1) is 18.2 Å². The third-order valence-electron chi connectivity index (χ3n) is 6.83. The summed E-state index contributed by atoms with van der Waals surface area (Å²) in [6.45, 7) is 4.27. The smallest absolute Gasteiger partial charge is 0.309 e. The molecule has 0 spiro atoms. The highest BCUT2D eigenvalue weighted by molar-refractivity contribution is 5.78. The molecular formula is C32H31NO3. The molecule has 4 heteroatoms. The molecule has 1 heterocycles. The second-order valence-corrected chi connectivity index (χ2v) is 9.34. The topological polar surface area (TPSA) is 52.3 Å². The van der Waals surface area contributed by atoms with Gasteiger partial charge in [0, 0.05) is 11.1 Å². The van der Waals surface area contributed by atoms with Gasteiger partial charge >= 0.3 is 5.97 Å². The van der Waals surface area contributed by atoms with Gasteiger partial charge in [-0.3, -0.25) is 4.79 Å². The molecule has 36 heavy (non-hydrogen) atoms. The van der Waals surface area contributed by atoms with Crippen molar-refractivity contribution in [3.63, 3.8) is 0 Å². The van der Waals surface area contributed by atoms with Crippen LogP contribution in [0.15, 0.2) is 89.5 Å². The molecule has 0 radical (unpaired) electrons. The zero-order chi connectivity index (χ0) is 24.9. The summed E-state index contributed by atoms with van der Waals surface area (Å²) >= 11 is 0. The van der Waals surface area contributed by atoms with Crippen molar-refractivity contribution >= 4 is 12.0 Å². The van der Waals surface area contributed by atoms with Crippen LogP contribution in [0.4, 0.5) is 0 Å². The Morgan fingerprint density at radius 3 is 2.33 bits per heavy atom. The number of hydrogen-bond donors (Lipinski definition) is 0. The van der Waals surface area contributed by atoms with E-state index in [1.807, 2.05) is 19.9 Å². The lowest BCUT2D eigenvalue weighted by molar-refractivity contribution is -0.144. The van der Waals surface area contributed by atoms with Gasteiger partial charge in [-0.1, -0.05) is 96.2 Å². The Morgan fingerprint density at radius 1 is 0.972 bits per heavy atom. The maximum absolute atomic E-state index is 11.9. The first kappa shape index (κ1) is 23.8. The highest BCUT2D eigenvalue weighted by atomic mass is 16.5. The summed E-state index contributed by atoms with van der Waals surface area (Å²) in [5, 5.41) is 4.21. The van der Waals surface area contributed by atoms with Crippen molar-refractivity contribution in [2.75, 3.05) is 6.61 Å². The second-order valence-electron chi connectivity index (χ2n) is 9.34. The Morgan fingerprint density at radius 2 is 1.64 bits per heavy atom. The maximum Gasteiger partial charge on any atom is 0.309 e. The van der Waals surface area contributed by atoms with Crippen LogP contribution in [0, 0.1) is 12.8 Å². The van der Waals surface area contributed by atoms with E-state index in [0.717, 1.165) is 53.0 Å². The minimum absolute atomic E-state index is 0.0158. The molecule has 3 aromatic carbocycles. The van der Waals surface area contributed by atoms with Crippen LogP contribution in [0.2, 0.25) is 0 Å². The molecule has 4 nitrogen and oxygen atoms in total. The van der Waals surface area contributed by atoms with E-state index in [0.29, 0.717) is 6.61 Å². The summed E-state index contributed by atoms with van der Waals surface area (Å²) in [4.78, 5) is 11.9. The molecule has 5 rings (SSSR count). The Kier molecular flexibility index (Phi) is 7.13. The van der Waals surface area contributed by atoms with Crippen LogP contribution in [0.1, 0.15) is 48.1 Å². The van der Waals surface area contributed by atoms with E-state index in [1.54, 1.807) is 0 Å². The van der Waals surface area contributed by atoms with Crippen molar-refractivity contribution in [3.05, 3.63) is 107 Å². The highest BCUT2D eigenvalue weighted by Gasteiger charge is 2.45. The van der Waals surface area contributed by atoms with Crippen molar-refractivity contribution in [2.45, 2.75) is 39.0 Å². The first-order valence-electron chi connectivity index (χ1n) is 12.7. The van der Waals surface area contributed by atoms with Crippen molar-refractivity contribution in [2.24, 2.45) is 5.92 Å². The number of esters is 1. The number of hydrogen-bond acceptors (Lipinski definition) is 4. The lowest BCUT2D eigenvalue weighted by Crippen LogP contribution is -2.07. The minimum atomic E-state index is -0.0739. The van der Waals surface area contributed by atoms with Gasteiger partial charge in [-0.25, -0.2) is 0 Å². The standard InChI is InChI=1S/C32H31NO3/c1-3-35-32(34)30-21-29(30)26-17-13-24(14-18-26)25-15-19-27(20-16-25)31-28(22(2)33-36-31)12-8-7-11-23-9-5-4-6-10-23/h4-6,8-10,12-20,29-30H,3,7,11,21H2,1-2H3/t29-,30-/m1/s1. The molecule has 4 aromatic rings. The molecule has 1 aliphatic rings. The molecule has 1 saturated carbocycles. The molecule has 0 aliphatic heterocycles. The van der Waals surface area contributed by atoms with Crippen molar-refractivity contribution in [1.82, 2.24) is 5.16 Å². The van der Waals surface area contributed by atoms with Crippen molar-refractivity contribution in [3.8, 4) is 22.5 Å². The second kappa shape index (κ2) is 10.8. The third kappa shape index (κ3) is 5.33. The fourth-order valence-electron chi connectivity index (χ4n) is 4.69. The number of rotatable bonds is 9. The first-order valence-corrected chi connectivity index (χ1v) is 12.7. The summed E-state index contributed by atoms with van der Waals surface area (Å²) in [6.07, 6.45) is 7.17. The van der Waals surface area contributed by atoms with Crippen molar-refractivity contribution < 1.29 is 14.1 Å². The van der Waals surface area contributed by atoms with E-state index in [9.17, 15) is 4.79 Å². The molecule has 0 N–H and O–H groups in total.